The van der Waals surface area contributed by atoms with Gasteiger partial charge in [-0.05, 0) is 24.3 Å². The molecule has 0 aliphatic carbocycles. The maximum absolute atomic E-state index is 2.12. The minimum Gasteiger partial charge on any atom is -0.378 e. The minimum atomic E-state index is 1.20. The summed E-state index contributed by atoms with van der Waals surface area (Å²) in [5, 5.41) is 4.14. The lowest BCUT2D eigenvalue weighted by Gasteiger charge is -2.26. The smallest absolute Gasteiger partial charge is 0.0520 e. The van der Waals surface area contributed by atoms with Gasteiger partial charge in [-0.2, -0.15) is 0 Å². The maximum atomic E-state index is 2.12. The Balaban J connectivity index is 2.83. The van der Waals surface area contributed by atoms with E-state index >= 15 is 0 Å². The van der Waals surface area contributed by atoms with E-state index in [2.05, 4.69) is 34.2 Å². The first-order valence-electron chi connectivity index (χ1n) is 4.70. The number of hydrogen-bond donors (Lipinski definition) is 0. The standard InChI is InChI=1S/C11H19N3/c1-12(2)10-6-8-11(9-7-10)14(5)13(3)4/h6-9H,1-5H3. The molecule has 0 fully saturated rings. The monoisotopic (exact) mass is 193 g/mol. The highest BCUT2D eigenvalue weighted by molar-refractivity contribution is 5.54. The summed E-state index contributed by atoms with van der Waals surface area (Å²) in [5.74, 6) is 0. The molecule has 1 aromatic rings. The summed E-state index contributed by atoms with van der Waals surface area (Å²) >= 11 is 0. The van der Waals surface area contributed by atoms with Crippen LogP contribution in [0.15, 0.2) is 24.3 Å². The van der Waals surface area contributed by atoms with E-state index in [0.29, 0.717) is 0 Å². The third kappa shape index (κ3) is 2.39. The molecular weight excluding hydrogens is 174 g/mol. The number of anilines is 2. The Labute approximate surface area is 86.5 Å². The van der Waals surface area contributed by atoms with Crippen LogP contribution in [0.3, 0.4) is 0 Å². The van der Waals surface area contributed by atoms with E-state index < -0.39 is 0 Å². The molecule has 0 unspecified atom stereocenters. The zero-order valence-electron chi connectivity index (χ0n) is 9.65. The van der Waals surface area contributed by atoms with Crippen LogP contribution < -0.4 is 9.91 Å². The van der Waals surface area contributed by atoms with E-state index in [1.54, 1.807) is 0 Å². The molecule has 3 heteroatoms. The van der Waals surface area contributed by atoms with Gasteiger partial charge in [-0.25, -0.2) is 5.01 Å². The average molecular weight is 193 g/mol. The summed E-state index contributed by atoms with van der Waals surface area (Å²) < 4.78 is 0. The molecule has 0 saturated carbocycles. The highest BCUT2D eigenvalue weighted by Gasteiger charge is 2.02. The van der Waals surface area contributed by atoms with Crippen molar-refractivity contribution in [3.63, 3.8) is 0 Å². The van der Waals surface area contributed by atoms with E-state index in [1.165, 1.54) is 11.4 Å². The Hall–Kier alpha value is -1.22. The second-order valence-corrected chi connectivity index (χ2v) is 3.78. The highest BCUT2D eigenvalue weighted by Crippen LogP contribution is 2.18. The van der Waals surface area contributed by atoms with Crippen molar-refractivity contribution in [3.05, 3.63) is 24.3 Å². The topological polar surface area (TPSA) is 9.72 Å². The molecule has 0 spiro atoms. The normalized spacial score (nSPS) is 10.4. The second kappa shape index (κ2) is 4.33. The quantitative estimate of drug-likeness (QED) is 0.676. The average Bonchev–Trinajstić information content (AvgIpc) is 2.16. The Morgan fingerprint density at radius 1 is 0.714 bits per heavy atom. The fraction of sp³-hybridized carbons (Fsp3) is 0.455. The van der Waals surface area contributed by atoms with E-state index in [4.69, 9.17) is 0 Å². The molecule has 0 bridgehead atoms. The van der Waals surface area contributed by atoms with Gasteiger partial charge in [0.1, 0.15) is 0 Å². The van der Waals surface area contributed by atoms with Gasteiger partial charge in [0, 0.05) is 40.9 Å². The third-order valence-corrected chi connectivity index (χ3v) is 2.34. The Kier molecular flexibility index (Phi) is 3.36. The number of benzene rings is 1. The third-order valence-electron chi connectivity index (χ3n) is 2.34. The summed E-state index contributed by atoms with van der Waals surface area (Å²) in [7, 11) is 10.2. The van der Waals surface area contributed by atoms with Crippen LogP contribution in [0.5, 0.6) is 0 Å². The lowest BCUT2D eigenvalue weighted by atomic mass is 10.2. The van der Waals surface area contributed by atoms with Gasteiger partial charge in [0.15, 0.2) is 0 Å². The number of hydrazine groups is 1. The van der Waals surface area contributed by atoms with Gasteiger partial charge in [0.05, 0.1) is 5.69 Å². The van der Waals surface area contributed by atoms with Crippen LogP contribution in [0.4, 0.5) is 11.4 Å². The van der Waals surface area contributed by atoms with Crippen molar-refractivity contribution in [2.24, 2.45) is 0 Å². The molecular formula is C11H19N3. The van der Waals surface area contributed by atoms with Crippen molar-refractivity contribution in [2.75, 3.05) is 45.1 Å². The zero-order valence-corrected chi connectivity index (χ0v) is 9.65. The Morgan fingerprint density at radius 2 is 1.14 bits per heavy atom. The van der Waals surface area contributed by atoms with E-state index in [-0.39, 0.29) is 0 Å². The molecule has 0 aromatic heterocycles. The van der Waals surface area contributed by atoms with Crippen molar-refractivity contribution in [2.45, 2.75) is 0 Å². The summed E-state index contributed by atoms with van der Waals surface area (Å²) in [6.45, 7) is 0. The number of hydrogen-bond acceptors (Lipinski definition) is 3. The van der Waals surface area contributed by atoms with Crippen LogP contribution >= 0.6 is 0 Å². The molecule has 3 nitrogen and oxygen atoms in total. The van der Waals surface area contributed by atoms with E-state index in [0.717, 1.165) is 0 Å². The molecule has 0 atom stereocenters. The lowest BCUT2D eigenvalue weighted by Crippen LogP contribution is -2.32. The van der Waals surface area contributed by atoms with Crippen molar-refractivity contribution in [3.8, 4) is 0 Å². The summed E-state index contributed by atoms with van der Waals surface area (Å²) in [6.07, 6.45) is 0. The predicted octanol–water partition coefficient (Wildman–Crippen LogP) is 1.67. The van der Waals surface area contributed by atoms with Crippen molar-refractivity contribution >= 4 is 11.4 Å². The Morgan fingerprint density at radius 3 is 1.50 bits per heavy atom. The van der Waals surface area contributed by atoms with Gasteiger partial charge in [-0.15, -0.1) is 0 Å². The van der Waals surface area contributed by atoms with E-state index in [9.17, 15) is 0 Å². The summed E-state index contributed by atoms with van der Waals surface area (Å²) in [4.78, 5) is 2.10. The van der Waals surface area contributed by atoms with Crippen molar-refractivity contribution in [1.29, 1.82) is 0 Å². The molecule has 0 aliphatic rings. The van der Waals surface area contributed by atoms with Crippen molar-refractivity contribution < 1.29 is 0 Å². The van der Waals surface area contributed by atoms with Gasteiger partial charge >= 0.3 is 0 Å². The highest BCUT2D eigenvalue weighted by atomic mass is 15.6. The van der Waals surface area contributed by atoms with Gasteiger partial charge in [-0.3, -0.25) is 0 Å². The van der Waals surface area contributed by atoms with Crippen LogP contribution in [-0.4, -0.2) is 40.2 Å². The fourth-order valence-electron chi connectivity index (χ4n) is 1.20. The van der Waals surface area contributed by atoms with Crippen LogP contribution in [-0.2, 0) is 0 Å². The van der Waals surface area contributed by atoms with Crippen molar-refractivity contribution in [1.82, 2.24) is 5.01 Å². The Bertz CT molecular complexity index is 277. The SMILES string of the molecule is CN(C)c1ccc(N(C)N(C)C)cc1. The fourth-order valence-corrected chi connectivity index (χ4v) is 1.20. The molecule has 0 amide bonds. The largest absolute Gasteiger partial charge is 0.378 e. The minimum absolute atomic E-state index is 1.20. The number of rotatable bonds is 3. The molecule has 78 valence electrons. The number of nitrogens with zero attached hydrogens (tertiary/aromatic N) is 3. The molecule has 0 N–H and O–H groups in total. The summed E-state index contributed by atoms with van der Waals surface area (Å²) in [5.41, 5.74) is 2.42. The van der Waals surface area contributed by atoms with Crippen LogP contribution in [0, 0.1) is 0 Å². The van der Waals surface area contributed by atoms with Crippen LogP contribution in [0.1, 0.15) is 0 Å². The molecule has 0 aliphatic heterocycles. The molecule has 0 heterocycles. The molecule has 14 heavy (non-hydrogen) atoms. The first-order valence-corrected chi connectivity index (χ1v) is 4.70. The van der Waals surface area contributed by atoms with Gasteiger partial charge in [0.2, 0.25) is 0 Å². The van der Waals surface area contributed by atoms with Crippen LogP contribution in [0.2, 0.25) is 0 Å². The first-order chi connectivity index (χ1) is 6.52. The van der Waals surface area contributed by atoms with Gasteiger partial charge in [0.25, 0.3) is 0 Å². The summed E-state index contributed by atoms with van der Waals surface area (Å²) in [6, 6.07) is 8.48. The van der Waals surface area contributed by atoms with Crippen LogP contribution in [0.25, 0.3) is 0 Å². The van der Waals surface area contributed by atoms with E-state index in [1.807, 2.05) is 40.2 Å². The molecule has 0 radical (unpaired) electrons. The lowest BCUT2D eigenvalue weighted by molar-refractivity contribution is 0.397. The first kappa shape index (κ1) is 10.9. The van der Waals surface area contributed by atoms with Gasteiger partial charge in [-0.1, -0.05) is 0 Å². The zero-order chi connectivity index (χ0) is 10.7. The molecule has 1 rings (SSSR count). The molecule has 0 saturated heterocycles. The van der Waals surface area contributed by atoms with Gasteiger partial charge < -0.3 is 9.91 Å². The predicted molar refractivity (Wildman–Crippen MR) is 62.9 cm³/mol. The second-order valence-electron chi connectivity index (χ2n) is 3.78. The maximum Gasteiger partial charge on any atom is 0.0520 e. The molecule has 1 aromatic carbocycles.